The molecule has 0 aliphatic carbocycles. The number of allylic oxidation sites excluding steroid dienone is 1. The third kappa shape index (κ3) is 1.95. The van der Waals surface area contributed by atoms with Crippen molar-refractivity contribution in [3.8, 4) is 0 Å². The first-order valence-electron chi connectivity index (χ1n) is 4.19. The predicted octanol–water partition coefficient (Wildman–Crippen LogP) is 2.22. The van der Waals surface area contributed by atoms with Crippen LogP contribution >= 0.6 is 0 Å². The van der Waals surface area contributed by atoms with Crippen LogP contribution < -0.4 is 5.73 Å². The van der Waals surface area contributed by atoms with Gasteiger partial charge in [-0.3, -0.25) is 0 Å². The Kier molecular flexibility index (Phi) is 3.06. The molecule has 0 saturated heterocycles. The first kappa shape index (κ1) is 9.01. The summed E-state index contributed by atoms with van der Waals surface area (Å²) in [4.78, 5) is 0. The smallest absolute Gasteiger partial charge is 0.00365 e. The standard InChI is InChI=1S/C11H15N/c1-9(2)11-6-4-3-5-10(11)7-8-12/h3-6H,1,7-8,12H2,2H3. The highest BCUT2D eigenvalue weighted by Gasteiger charge is 1.99. The third-order valence-electron chi connectivity index (χ3n) is 1.89. The van der Waals surface area contributed by atoms with E-state index in [4.69, 9.17) is 5.73 Å². The first-order chi connectivity index (χ1) is 5.75. The molecule has 0 fully saturated rings. The van der Waals surface area contributed by atoms with E-state index in [9.17, 15) is 0 Å². The minimum absolute atomic E-state index is 0.699. The molecule has 0 spiro atoms. The van der Waals surface area contributed by atoms with E-state index in [1.54, 1.807) is 0 Å². The molecule has 0 aliphatic rings. The molecule has 12 heavy (non-hydrogen) atoms. The molecule has 0 bridgehead atoms. The molecule has 0 aromatic heterocycles. The molecule has 1 rings (SSSR count). The summed E-state index contributed by atoms with van der Waals surface area (Å²) in [5.41, 5.74) is 9.15. The Balaban J connectivity index is 3.00. The van der Waals surface area contributed by atoms with E-state index in [1.807, 2.05) is 19.1 Å². The summed E-state index contributed by atoms with van der Waals surface area (Å²) in [6.45, 7) is 6.65. The Morgan fingerprint density at radius 2 is 2.08 bits per heavy atom. The van der Waals surface area contributed by atoms with Crippen LogP contribution in [0.5, 0.6) is 0 Å². The van der Waals surface area contributed by atoms with Gasteiger partial charge in [0, 0.05) is 0 Å². The van der Waals surface area contributed by atoms with Crippen molar-refractivity contribution in [3.05, 3.63) is 42.0 Å². The number of hydrogen-bond acceptors (Lipinski definition) is 1. The molecule has 1 aromatic carbocycles. The van der Waals surface area contributed by atoms with Gasteiger partial charge in [-0.25, -0.2) is 0 Å². The molecule has 0 aliphatic heterocycles. The molecular weight excluding hydrogens is 146 g/mol. The van der Waals surface area contributed by atoms with E-state index in [-0.39, 0.29) is 0 Å². The Labute approximate surface area is 73.9 Å². The van der Waals surface area contributed by atoms with Gasteiger partial charge in [0.2, 0.25) is 0 Å². The molecule has 0 heterocycles. The third-order valence-corrected chi connectivity index (χ3v) is 1.89. The summed E-state index contributed by atoms with van der Waals surface area (Å²) in [7, 11) is 0. The molecule has 64 valence electrons. The highest BCUT2D eigenvalue weighted by atomic mass is 14.5. The Morgan fingerprint density at radius 3 is 2.67 bits per heavy atom. The predicted molar refractivity (Wildman–Crippen MR) is 53.9 cm³/mol. The summed E-state index contributed by atoms with van der Waals surface area (Å²) in [5.74, 6) is 0. The van der Waals surface area contributed by atoms with Gasteiger partial charge in [0.25, 0.3) is 0 Å². The van der Waals surface area contributed by atoms with Crippen LogP contribution in [0.3, 0.4) is 0 Å². The fourth-order valence-electron chi connectivity index (χ4n) is 1.31. The molecule has 0 saturated carbocycles. The largest absolute Gasteiger partial charge is 0.330 e. The highest BCUT2D eigenvalue weighted by molar-refractivity contribution is 5.64. The van der Waals surface area contributed by atoms with Crippen molar-refractivity contribution in [2.45, 2.75) is 13.3 Å². The van der Waals surface area contributed by atoms with Gasteiger partial charge in [0.15, 0.2) is 0 Å². The second-order valence-electron chi connectivity index (χ2n) is 2.98. The summed E-state index contributed by atoms with van der Waals surface area (Å²) < 4.78 is 0. The van der Waals surface area contributed by atoms with E-state index >= 15 is 0 Å². The molecule has 0 unspecified atom stereocenters. The van der Waals surface area contributed by atoms with Crippen LogP contribution in [-0.4, -0.2) is 6.54 Å². The SMILES string of the molecule is C=C(C)c1ccccc1CCN. The maximum Gasteiger partial charge on any atom is -0.00365 e. The lowest BCUT2D eigenvalue weighted by Crippen LogP contribution is -2.04. The van der Waals surface area contributed by atoms with Crippen molar-refractivity contribution in [3.63, 3.8) is 0 Å². The second-order valence-corrected chi connectivity index (χ2v) is 2.98. The van der Waals surface area contributed by atoms with Crippen LogP contribution in [0.2, 0.25) is 0 Å². The molecule has 0 radical (unpaired) electrons. The van der Waals surface area contributed by atoms with Gasteiger partial charge in [-0.1, -0.05) is 36.4 Å². The molecule has 1 heteroatoms. The molecule has 0 atom stereocenters. The van der Waals surface area contributed by atoms with Crippen LogP contribution in [-0.2, 0) is 6.42 Å². The average molecular weight is 161 g/mol. The van der Waals surface area contributed by atoms with E-state index in [0.717, 1.165) is 12.0 Å². The van der Waals surface area contributed by atoms with E-state index in [2.05, 4.69) is 18.7 Å². The van der Waals surface area contributed by atoms with Crippen LogP contribution in [0.1, 0.15) is 18.1 Å². The number of hydrogen-bond donors (Lipinski definition) is 1. The second kappa shape index (κ2) is 4.07. The summed E-state index contributed by atoms with van der Waals surface area (Å²) >= 11 is 0. The van der Waals surface area contributed by atoms with Crippen molar-refractivity contribution in [2.24, 2.45) is 5.73 Å². The molecule has 2 N–H and O–H groups in total. The van der Waals surface area contributed by atoms with Gasteiger partial charge >= 0.3 is 0 Å². The number of benzene rings is 1. The van der Waals surface area contributed by atoms with E-state index in [1.165, 1.54) is 11.1 Å². The summed E-state index contributed by atoms with van der Waals surface area (Å²) in [6.07, 6.45) is 0.934. The monoisotopic (exact) mass is 161 g/mol. The minimum Gasteiger partial charge on any atom is -0.330 e. The lowest BCUT2D eigenvalue weighted by Gasteiger charge is -2.06. The molecule has 1 nitrogen and oxygen atoms in total. The topological polar surface area (TPSA) is 26.0 Å². The number of nitrogens with two attached hydrogens (primary N) is 1. The minimum atomic E-state index is 0.699. The Morgan fingerprint density at radius 1 is 1.42 bits per heavy atom. The van der Waals surface area contributed by atoms with Crippen molar-refractivity contribution >= 4 is 5.57 Å². The fraction of sp³-hybridized carbons (Fsp3) is 0.273. The Hall–Kier alpha value is -1.08. The van der Waals surface area contributed by atoms with Gasteiger partial charge in [-0.05, 0) is 31.0 Å². The van der Waals surface area contributed by atoms with Crippen LogP contribution in [0.25, 0.3) is 5.57 Å². The maximum absolute atomic E-state index is 5.50. The van der Waals surface area contributed by atoms with Crippen molar-refractivity contribution < 1.29 is 0 Å². The quantitative estimate of drug-likeness (QED) is 0.722. The summed E-state index contributed by atoms with van der Waals surface area (Å²) in [5, 5.41) is 0. The lowest BCUT2D eigenvalue weighted by molar-refractivity contribution is 0.965. The molecular formula is C11H15N. The zero-order valence-electron chi connectivity index (χ0n) is 7.51. The number of rotatable bonds is 3. The van der Waals surface area contributed by atoms with Gasteiger partial charge in [0.05, 0.1) is 0 Å². The normalized spacial score (nSPS) is 9.83. The highest BCUT2D eigenvalue weighted by Crippen LogP contribution is 2.16. The Bertz CT molecular complexity index is 276. The van der Waals surface area contributed by atoms with E-state index < -0.39 is 0 Å². The van der Waals surface area contributed by atoms with Crippen LogP contribution in [0.15, 0.2) is 30.8 Å². The first-order valence-corrected chi connectivity index (χ1v) is 4.19. The molecule has 0 amide bonds. The van der Waals surface area contributed by atoms with Crippen molar-refractivity contribution in [2.75, 3.05) is 6.54 Å². The van der Waals surface area contributed by atoms with Crippen molar-refractivity contribution in [1.82, 2.24) is 0 Å². The average Bonchev–Trinajstić information content (AvgIpc) is 2.05. The van der Waals surface area contributed by atoms with Crippen molar-refractivity contribution in [1.29, 1.82) is 0 Å². The zero-order valence-corrected chi connectivity index (χ0v) is 7.51. The fourth-order valence-corrected chi connectivity index (χ4v) is 1.31. The van der Waals surface area contributed by atoms with Gasteiger partial charge in [-0.15, -0.1) is 0 Å². The van der Waals surface area contributed by atoms with E-state index in [0.29, 0.717) is 6.54 Å². The van der Waals surface area contributed by atoms with Crippen LogP contribution in [0, 0.1) is 0 Å². The van der Waals surface area contributed by atoms with Gasteiger partial charge in [0.1, 0.15) is 0 Å². The lowest BCUT2D eigenvalue weighted by atomic mass is 10.00. The van der Waals surface area contributed by atoms with Crippen LogP contribution in [0.4, 0.5) is 0 Å². The van der Waals surface area contributed by atoms with Gasteiger partial charge < -0.3 is 5.73 Å². The maximum atomic E-state index is 5.50. The van der Waals surface area contributed by atoms with Gasteiger partial charge in [-0.2, -0.15) is 0 Å². The summed E-state index contributed by atoms with van der Waals surface area (Å²) in [6, 6.07) is 8.27. The zero-order chi connectivity index (χ0) is 8.97. The molecule has 1 aromatic rings.